The van der Waals surface area contributed by atoms with Gasteiger partial charge < -0.3 is 10.6 Å². The van der Waals surface area contributed by atoms with Crippen molar-refractivity contribution in [2.24, 2.45) is 0 Å². The molecule has 21 heavy (non-hydrogen) atoms. The van der Waals surface area contributed by atoms with Gasteiger partial charge in [0, 0.05) is 16.4 Å². The highest BCUT2D eigenvalue weighted by Gasteiger charge is 2.13. The smallest absolute Gasteiger partial charge is 0.246 e. The van der Waals surface area contributed by atoms with E-state index >= 15 is 0 Å². The third-order valence-corrected chi connectivity index (χ3v) is 3.45. The molecule has 1 unspecified atom stereocenters. The van der Waals surface area contributed by atoms with Crippen molar-refractivity contribution < 1.29 is 9.18 Å². The van der Waals surface area contributed by atoms with E-state index in [9.17, 15) is 9.18 Å². The van der Waals surface area contributed by atoms with Gasteiger partial charge in [0.05, 0.1) is 0 Å². The Labute approximate surface area is 128 Å². The van der Waals surface area contributed by atoms with Crippen molar-refractivity contribution >= 4 is 28.9 Å². The molecular formula is C16H16ClFN2O. The van der Waals surface area contributed by atoms with Crippen LogP contribution in [0.2, 0.25) is 5.02 Å². The van der Waals surface area contributed by atoms with E-state index in [1.54, 1.807) is 25.1 Å². The number of benzene rings is 2. The van der Waals surface area contributed by atoms with Gasteiger partial charge in [-0.15, -0.1) is 0 Å². The maximum absolute atomic E-state index is 13.1. The van der Waals surface area contributed by atoms with Gasteiger partial charge in [-0.3, -0.25) is 4.79 Å². The predicted molar refractivity (Wildman–Crippen MR) is 84.3 cm³/mol. The molecule has 0 bridgehead atoms. The molecule has 0 aliphatic heterocycles. The highest BCUT2D eigenvalue weighted by molar-refractivity contribution is 6.31. The molecule has 2 aromatic carbocycles. The second-order valence-corrected chi connectivity index (χ2v) is 5.24. The van der Waals surface area contributed by atoms with Crippen molar-refractivity contribution in [3.63, 3.8) is 0 Å². The molecule has 0 fully saturated rings. The number of carbonyl (C=O) groups excluding carboxylic acids is 1. The third-order valence-electron chi connectivity index (χ3n) is 3.04. The SMILES string of the molecule is Cc1ccc(NC(C)C(=O)Nc2cccc(F)c2)cc1Cl. The maximum atomic E-state index is 13.1. The quantitative estimate of drug-likeness (QED) is 0.887. The molecule has 1 atom stereocenters. The van der Waals surface area contributed by atoms with Crippen molar-refractivity contribution in [3.05, 3.63) is 58.9 Å². The van der Waals surface area contributed by atoms with Crippen LogP contribution in [0.3, 0.4) is 0 Å². The fourth-order valence-corrected chi connectivity index (χ4v) is 2.00. The number of nitrogens with one attached hydrogen (secondary N) is 2. The Hall–Kier alpha value is -2.07. The summed E-state index contributed by atoms with van der Waals surface area (Å²) in [5, 5.41) is 6.35. The topological polar surface area (TPSA) is 41.1 Å². The molecule has 2 rings (SSSR count). The average molecular weight is 307 g/mol. The first-order valence-corrected chi connectivity index (χ1v) is 6.92. The molecule has 5 heteroatoms. The number of hydrogen-bond acceptors (Lipinski definition) is 2. The predicted octanol–water partition coefficient (Wildman–Crippen LogP) is 4.23. The van der Waals surface area contributed by atoms with E-state index < -0.39 is 11.9 Å². The van der Waals surface area contributed by atoms with Crippen molar-refractivity contribution in [3.8, 4) is 0 Å². The maximum Gasteiger partial charge on any atom is 0.246 e. The van der Waals surface area contributed by atoms with Crippen molar-refractivity contribution in [2.45, 2.75) is 19.9 Å². The van der Waals surface area contributed by atoms with Crippen molar-refractivity contribution in [1.29, 1.82) is 0 Å². The zero-order valence-corrected chi connectivity index (χ0v) is 12.5. The summed E-state index contributed by atoms with van der Waals surface area (Å²) >= 11 is 6.04. The average Bonchev–Trinajstić information content (AvgIpc) is 2.43. The Kier molecular flexibility index (Phi) is 4.81. The molecule has 0 aliphatic rings. The molecule has 0 saturated carbocycles. The second kappa shape index (κ2) is 6.59. The van der Waals surface area contributed by atoms with Crippen LogP contribution in [0.4, 0.5) is 15.8 Å². The molecule has 2 N–H and O–H groups in total. The fourth-order valence-electron chi connectivity index (χ4n) is 1.81. The number of amides is 1. The van der Waals surface area contributed by atoms with Crippen LogP contribution >= 0.6 is 11.6 Å². The van der Waals surface area contributed by atoms with E-state index in [1.165, 1.54) is 12.1 Å². The van der Waals surface area contributed by atoms with E-state index in [1.807, 2.05) is 19.1 Å². The van der Waals surface area contributed by atoms with Crippen molar-refractivity contribution in [1.82, 2.24) is 0 Å². The van der Waals surface area contributed by atoms with Gasteiger partial charge in [0.1, 0.15) is 11.9 Å². The van der Waals surface area contributed by atoms with Crippen LogP contribution in [0.1, 0.15) is 12.5 Å². The van der Waals surface area contributed by atoms with E-state index in [-0.39, 0.29) is 5.91 Å². The summed E-state index contributed by atoms with van der Waals surface area (Å²) in [7, 11) is 0. The van der Waals surface area contributed by atoms with E-state index in [0.717, 1.165) is 11.3 Å². The standard InChI is InChI=1S/C16H16ClFN2O/c1-10-6-7-14(9-15(10)17)19-11(2)16(21)20-13-5-3-4-12(18)8-13/h3-9,11,19H,1-2H3,(H,20,21). The van der Waals surface area contributed by atoms with Crippen LogP contribution < -0.4 is 10.6 Å². The first-order valence-electron chi connectivity index (χ1n) is 6.55. The molecule has 0 aliphatic carbocycles. The van der Waals surface area contributed by atoms with Gasteiger partial charge in [-0.2, -0.15) is 0 Å². The fraction of sp³-hybridized carbons (Fsp3) is 0.188. The van der Waals surface area contributed by atoms with Crippen molar-refractivity contribution in [2.75, 3.05) is 10.6 Å². The lowest BCUT2D eigenvalue weighted by molar-refractivity contribution is -0.116. The van der Waals surface area contributed by atoms with Gasteiger partial charge in [-0.05, 0) is 49.7 Å². The summed E-state index contributed by atoms with van der Waals surface area (Å²) in [6, 6.07) is 10.8. The Morgan fingerprint density at radius 2 is 1.95 bits per heavy atom. The second-order valence-electron chi connectivity index (χ2n) is 4.83. The number of hydrogen-bond donors (Lipinski definition) is 2. The lowest BCUT2D eigenvalue weighted by Gasteiger charge is -2.16. The molecule has 2 aromatic rings. The number of rotatable bonds is 4. The van der Waals surface area contributed by atoms with Crippen LogP contribution in [0.25, 0.3) is 0 Å². The van der Waals surface area contributed by atoms with Gasteiger partial charge >= 0.3 is 0 Å². The largest absolute Gasteiger partial charge is 0.374 e. The number of carbonyl (C=O) groups is 1. The normalized spacial score (nSPS) is 11.8. The van der Waals surface area contributed by atoms with E-state index in [2.05, 4.69) is 10.6 Å². The summed E-state index contributed by atoms with van der Waals surface area (Å²) in [5.74, 6) is -0.643. The monoisotopic (exact) mass is 306 g/mol. The molecule has 3 nitrogen and oxygen atoms in total. The Bertz CT molecular complexity index is 660. The van der Waals surface area contributed by atoms with Gasteiger partial charge in [-0.25, -0.2) is 4.39 Å². The van der Waals surface area contributed by atoms with Crippen LogP contribution in [0.5, 0.6) is 0 Å². The minimum absolute atomic E-state index is 0.253. The van der Waals surface area contributed by atoms with Gasteiger partial charge in [0.15, 0.2) is 0 Å². The summed E-state index contributed by atoms with van der Waals surface area (Å²) < 4.78 is 13.1. The lowest BCUT2D eigenvalue weighted by Crippen LogP contribution is -2.31. The highest BCUT2D eigenvalue weighted by atomic mass is 35.5. The lowest BCUT2D eigenvalue weighted by atomic mass is 10.2. The Morgan fingerprint density at radius 1 is 1.19 bits per heavy atom. The first-order chi connectivity index (χ1) is 9.95. The molecule has 0 aromatic heterocycles. The van der Waals surface area contributed by atoms with E-state index in [0.29, 0.717) is 10.7 Å². The highest BCUT2D eigenvalue weighted by Crippen LogP contribution is 2.20. The molecule has 0 saturated heterocycles. The number of anilines is 2. The zero-order chi connectivity index (χ0) is 15.4. The molecular weight excluding hydrogens is 291 g/mol. The van der Waals surface area contributed by atoms with Crippen LogP contribution in [0, 0.1) is 12.7 Å². The zero-order valence-electron chi connectivity index (χ0n) is 11.8. The molecule has 1 amide bonds. The minimum Gasteiger partial charge on any atom is -0.374 e. The first kappa shape index (κ1) is 15.3. The Balaban J connectivity index is 2.00. The summed E-state index contributed by atoms with van der Waals surface area (Å²) in [4.78, 5) is 12.1. The van der Waals surface area contributed by atoms with Gasteiger partial charge in [-0.1, -0.05) is 23.7 Å². The summed E-state index contributed by atoms with van der Waals surface area (Å²) in [5.41, 5.74) is 2.15. The van der Waals surface area contributed by atoms with Crippen LogP contribution in [-0.4, -0.2) is 11.9 Å². The van der Waals surface area contributed by atoms with Crippen LogP contribution in [0.15, 0.2) is 42.5 Å². The summed E-state index contributed by atoms with van der Waals surface area (Å²) in [6.07, 6.45) is 0. The summed E-state index contributed by atoms with van der Waals surface area (Å²) in [6.45, 7) is 3.63. The van der Waals surface area contributed by atoms with Gasteiger partial charge in [0.2, 0.25) is 5.91 Å². The van der Waals surface area contributed by atoms with Crippen LogP contribution in [-0.2, 0) is 4.79 Å². The Morgan fingerprint density at radius 3 is 2.62 bits per heavy atom. The molecule has 110 valence electrons. The molecule has 0 heterocycles. The molecule has 0 radical (unpaired) electrons. The number of aryl methyl sites for hydroxylation is 1. The number of halogens is 2. The third kappa shape index (κ3) is 4.20. The van der Waals surface area contributed by atoms with Gasteiger partial charge in [0.25, 0.3) is 0 Å². The van der Waals surface area contributed by atoms with E-state index in [4.69, 9.17) is 11.6 Å². The minimum atomic E-state index is -0.480. The molecule has 0 spiro atoms.